The summed E-state index contributed by atoms with van der Waals surface area (Å²) < 4.78 is 13.6. The van der Waals surface area contributed by atoms with Gasteiger partial charge in [0.1, 0.15) is 26.6 Å². The number of fused-ring (bicyclic) bond motifs is 1. The number of halogens is 2. The van der Waals surface area contributed by atoms with Crippen LogP contribution < -0.4 is 20.1 Å². The molecule has 0 radical (unpaired) electrons. The summed E-state index contributed by atoms with van der Waals surface area (Å²) in [5.41, 5.74) is 2.20. The molecule has 1 aromatic carbocycles. The van der Waals surface area contributed by atoms with Gasteiger partial charge in [-0.05, 0) is 45.2 Å². The number of hydrogen-bond donors (Lipinski definition) is 3. The van der Waals surface area contributed by atoms with Crippen molar-refractivity contribution in [1.29, 1.82) is 5.41 Å². The third kappa shape index (κ3) is 2.75. The van der Waals surface area contributed by atoms with Gasteiger partial charge in [0.15, 0.2) is 0 Å². The number of thiocarbonyl (C=S) groups is 2. The van der Waals surface area contributed by atoms with Gasteiger partial charge >= 0.3 is 0 Å². The van der Waals surface area contributed by atoms with Crippen molar-refractivity contribution in [2.75, 3.05) is 14.2 Å². The summed E-state index contributed by atoms with van der Waals surface area (Å²) >= 11 is 16.3. The number of ether oxygens (including phenoxy) is 2. The zero-order valence-electron chi connectivity index (χ0n) is 11.8. The second-order valence-electron chi connectivity index (χ2n) is 4.49. The lowest BCUT2D eigenvalue weighted by molar-refractivity contribution is 0.396. The summed E-state index contributed by atoms with van der Waals surface area (Å²) in [6, 6.07) is 0. The van der Waals surface area contributed by atoms with Gasteiger partial charge in [0.05, 0.1) is 43.1 Å². The van der Waals surface area contributed by atoms with Gasteiger partial charge < -0.3 is 20.1 Å². The molecule has 0 amide bonds. The van der Waals surface area contributed by atoms with E-state index < -0.39 is 0 Å². The molecule has 2 aliphatic heterocycles. The fourth-order valence-corrected chi connectivity index (χ4v) is 5.42. The Morgan fingerprint density at radius 1 is 1.00 bits per heavy atom. The smallest absolute Gasteiger partial charge is 0.145 e. The Labute approximate surface area is 175 Å². The summed E-state index contributed by atoms with van der Waals surface area (Å²) in [5.74, 6) is 1.61. The first-order valence-electron chi connectivity index (χ1n) is 6.17. The van der Waals surface area contributed by atoms with Crippen LogP contribution in [0.4, 0.5) is 0 Å². The second kappa shape index (κ2) is 6.61. The third-order valence-corrected chi connectivity index (χ3v) is 8.08. The number of nitrogens with one attached hydrogen (secondary N) is 3. The van der Waals surface area contributed by atoms with E-state index in [0.717, 1.165) is 23.3 Å². The van der Waals surface area contributed by atoms with Crippen LogP contribution in [0, 0.1) is 12.5 Å². The number of amidine groups is 1. The van der Waals surface area contributed by atoms with E-state index in [1.54, 1.807) is 14.2 Å². The molecule has 2 heterocycles. The average Bonchev–Trinajstić information content (AvgIpc) is 3.01. The molecule has 0 atom stereocenters. The number of benzene rings is 1. The highest BCUT2D eigenvalue weighted by atomic mass is 127. The van der Waals surface area contributed by atoms with Gasteiger partial charge in [-0.3, -0.25) is 5.41 Å². The molecule has 0 spiro atoms. The van der Waals surface area contributed by atoms with Gasteiger partial charge in [0.2, 0.25) is 0 Å². The van der Waals surface area contributed by atoms with Crippen molar-refractivity contribution in [3.63, 3.8) is 0 Å². The first-order chi connectivity index (χ1) is 10.9. The lowest BCUT2D eigenvalue weighted by atomic mass is 10.0. The molecule has 3 rings (SSSR count). The minimum Gasteiger partial charge on any atom is -0.495 e. The highest BCUT2D eigenvalue weighted by molar-refractivity contribution is 14.1. The van der Waals surface area contributed by atoms with E-state index in [1.165, 1.54) is 11.8 Å². The number of rotatable bonds is 2. The maximum absolute atomic E-state index is 8.33. The van der Waals surface area contributed by atoms with E-state index in [1.807, 2.05) is 0 Å². The molecule has 0 unspecified atom stereocenters. The van der Waals surface area contributed by atoms with Crippen LogP contribution in [-0.4, -0.2) is 29.4 Å². The molecule has 120 valence electrons. The third-order valence-electron chi connectivity index (χ3n) is 3.30. The predicted molar refractivity (Wildman–Crippen MR) is 118 cm³/mol. The van der Waals surface area contributed by atoms with Crippen LogP contribution in [0.1, 0.15) is 11.1 Å². The Bertz CT molecular complexity index is 823. The Balaban J connectivity index is 2.39. The van der Waals surface area contributed by atoms with Crippen LogP contribution in [0.3, 0.4) is 0 Å². The monoisotopic (exact) mass is 589 g/mol. The molecular formula is C13H9I2N3O2S3. The minimum absolute atomic E-state index is 0.258. The molecule has 1 aromatic rings. The molecule has 2 aliphatic rings. The first-order valence-corrected chi connectivity index (χ1v) is 9.96. The van der Waals surface area contributed by atoms with Crippen molar-refractivity contribution >= 4 is 102 Å². The highest BCUT2D eigenvalue weighted by Crippen LogP contribution is 2.47. The molecule has 0 bridgehead atoms. The standard InChI is InChI=1S/C13H9I2N3O2S3/c1-19-8-3-4(9(20-2)6(15)5(8)14)11(16)17-7(3)10-12(21)18-13(22)23-10/h1-2H3,(H2,16,17)(H,18,21,22). The lowest BCUT2D eigenvalue weighted by Crippen LogP contribution is -2.18. The fraction of sp³-hybridized carbons (Fsp3) is 0.154. The summed E-state index contributed by atoms with van der Waals surface area (Å²) in [6.07, 6.45) is 0. The van der Waals surface area contributed by atoms with Gasteiger partial charge in [-0.1, -0.05) is 36.2 Å². The van der Waals surface area contributed by atoms with Crippen molar-refractivity contribution < 1.29 is 9.47 Å². The second-order valence-corrected chi connectivity index (χ2v) is 8.75. The molecule has 1 saturated heterocycles. The SMILES string of the molecule is COc1c(I)c(I)c(OC)c2c1C(=N)NC2=C1SC(=S)NC1=S. The number of methoxy groups -OCH3 is 2. The van der Waals surface area contributed by atoms with Crippen molar-refractivity contribution in [1.82, 2.24) is 10.6 Å². The van der Waals surface area contributed by atoms with Crippen molar-refractivity contribution in [2.24, 2.45) is 0 Å². The predicted octanol–water partition coefficient (Wildman–Crippen LogP) is 3.46. The van der Waals surface area contributed by atoms with Crippen molar-refractivity contribution in [3.05, 3.63) is 23.2 Å². The van der Waals surface area contributed by atoms with Crippen LogP contribution in [0.2, 0.25) is 0 Å². The minimum atomic E-state index is 0.258. The van der Waals surface area contributed by atoms with Gasteiger partial charge in [-0.2, -0.15) is 0 Å². The summed E-state index contributed by atoms with van der Waals surface area (Å²) in [7, 11) is 3.22. The Kier molecular flexibility index (Phi) is 5.07. The highest BCUT2D eigenvalue weighted by Gasteiger charge is 2.37. The van der Waals surface area contributed by atoms with Crippen LogP contribution >= 0.6 is 81.4 Å². The Morgan fingerprint density at radius 3 is 2.04 bits per heavy atom. The summed E-state index contributed by atoms with van der Waals surface area (Å²) in [6.45, 7) is 0. The molecule has 10 heteroatoms. The molecule has 1 fully saturated rings. The van der Waals surface area contributed by atoms with Crippen LogP contribution in [0.25, 0.3) is 5.70 Å². The maximum Gasteiger partial charge on any atom is 0.145 e. The number of thioether (sulfide) groups is 1. The average molecular weight is 589 g/mol. The normalized spacial score (nSPS) is 19.6. The van der Waals surface area contributed by atoms with Crippen LogP contribution in [-0.2, 0) is 0 Å². The lowest BCUT2D eigenvalue weighted by Gasteiger charge is -2.16. The van der Waals surface area contributed by atoms with Gasteiger partial charge in [-0.25, -0.2) is 0 Å². The van der Waals surface area contributed by atoms with Crippen LogP contribution in [0.15, 0.2) is 4.91 Å². The van der Waals surface area contributed by atoms with Crippen molar-refractivity contribution in [3.8, 4) is 11.5 Å². The van der Waals surface area contributed by atoms with Gasteiger partial charge in [-0.15, -0.1) is 0 Å². The first kappa shape index (κ1) is 17.6. The van der Waals surface area contributed by atoms with Gasteiger partial charge in [0, 0.05) is 0 Å². The maximum atomic E-state index is 8.33. The summed E-state index contributed by atoms with van der Waals surface area (Å²) in [5, 5.41) is 14.4. The molecule has 3 N–H and O–H groups in total. The van der Waals surface area contributed by atoms with E-state index >= 15 is 0 Å². The molecule has 23 heavy (non-hydrogen) atoms. The van der Waals surface area contributed by atoms with E-state index in [0.29, 0.717) is 26.4 Å². The van der Waals surface area contributed by atoms with E-state index in [-0.39, 0.29) is 5.84 Å². The summed E-state index contributed by atoms with van der Waals surface area (Å²) in [4.78, 5) is 1.35. The molecule has 0 aliphatic carbocycles. The zero-order chi connectivity index (χ0) is 16.9. The molecular weight excluding hydrogens is 580 g/mol. The number of hydrogen-bond acceptors (Lipinski definition) is 6. The molecule has 0 aromatic heterocycles. The van der Waals surface area contributed by atoms with Gasteiger partial charge in [0.25, 0.3) is 0 Å². The Morgan fingerprint density at radius 2 is 1.57 bits per heavy atom. The quantitative estimate of drug-likeness (QED) is 0.278. The zero-order valence-corrected chi connectivity index (χ0v) is 18.6. The van der Waals surface area contributed by atoms with E-state index in [2.05, 4.69) is 55.8 Å². The van der Waals surface area contributed by atoms with E-state index in [9.17, 15) is 0 Å². The fourth-order valence-electron chi connectivity index (χ4n) is 2.41. The Hall–Kier alpha value is -0.180. The topological polar surface area (TPSA) is 66.4 Å². The molecule has 5 nitrogen and oxygen atoms in total. The molecule has 0 saturated carbocycles. The van der Waals surface area contributed by atoms with Crippen LogP contribution in [0.5, 0.6) is 11.5 Å². The van der Waals surface area contributed by atoms with Crippen molar-refractivity contribution in [2.45, 2.75) is 0 Å². The van der Waals surface area contributed by atoms with E-state index in [4.69, 9.17) is 39.3 Å². The largest absolute Gasteiger partial charge is 0.495 e.